The first-order valence-electron chi connectivity index (χ1n) is 7.72. The van der Waals surface area contributed by atoms with Crippen LogP contribution in [0.25, 0.3) is 21.3 Å². The van der Waals surface area contributed by atoms with Crippen molar-refractivity contribution in [1.82, 2.24) is 14.5 Å². The topological polar surface area (TPSA) is 86.1 Å². The van der Waals surface area contributed by atoms with E-state index in [0.29, 0.717) is 16.6 Å². The predicted molar refractivity (Wildman–Crippen MR) is 103 cm³/mol. The van der Waals surface area contributed by atoms with Gasteiger partial charge in [0, 0.05) is 13.3 Å². The number of anilines is 2. The van der Waals surface area contributed by atoms with Gasteiger partial charge in [0.2, 0.25) is 0 Å². The van der Waals surface area contributed by atoms with Gasteiger partial charge in [0.25, 0.3) is 0 Å². The average molecular weight is 388 g/mol. The lowest BCUT2D eigenvalue weighted by atomic mass is 10.3. The maximum Gasteiger partial charge on any atom is 0.188 e. The van der Waals surface area contributed by atoms with E-state index in [1.165, 1.54) is 30.8 Å². The number of aryl methyl sites for hydroxylation is 1. The molecule has 0 atom stereocenters. The summed E-state index contributed by atoms with van der Waals surface area (Å²) in [5.74, 6) is 0.544. The van der Waals surface area contributed by atoms with Gasteiger partial charge in [0.05, 0.1) is 39.8 Å². The fourth-order valence-corrected chi connectivity index (χ4v) is 4.34. The van der Waals surface area contributed by atoms with E-state index in [1.54, 1.807) is 18.5 Å². The number of benzene rings is 2. The first-order chi connectivity index (χ1) is 12.4. The molecule has 4 rings (SSSR count). The van der Waals surface area contributed by atoms with Crippen molar-refractivity contribution in [3.8, 4) is 5.75 Å². The predicted octanol–water partition coefficient (Wildman–Crippen LogP) is 3.34. The van der Waals surface area contributed by atoms with E-state index in [2.05, 4.69) is 15.3 Å². The first-order valence-corrected chi connectivity index (χ1v) is 10.4. The molecule has 26 heavy (non-hydrogen) atoms. The summed E-state index contributed by atoms with van der Waals surface area (Å²) in [4.78, 5) is 9.24. The molecule has 0 amide bonds. The number of methoxy groups -OCH3 is 1. The summed E-state index contributed by atoms with van der Waals surface area (Å²) in [5.41, 5.74) is 3.25. The van der Waals surface area contributed by atoms with Crippen molar-refractivity contribution in [3.05, 3.63) is 36.7 Å². The van der Waals surface area contributed by atoms with Crippen LogP contribution in [-0.2, 0) is 16.9 Å². The highest BCUT2D eigenvalue weighted by Crippen LogP contribution is 2.35. The lowest BCUT2D eigenvalue weighted by molar-refractivity contribution is 0.416. The van der Waals surface area contributed by atoms with Crippen molar-refractivity contribution in [2.24, 2.45) is 7.05 Å². The Balaban J connectivity index is 1.82. The monoisotopic (exact) mass is 388 g/mol. The van der Waals surface area contributed by atoms with Gasteiger partial charge in [-0.05, 0) is 30.3 Å². The molecule has 0 saturated carbocycles. The number of sulfone groups is 1. The number of nitrogens with one attached hydrogen (secondary N) is 1. The molecule has 2 heterocycles. The molecule has 0 aliphatic rings. The van der Waals surface area contributed by atoms with E-state index in [4.69, 9.17) is 4.74 Å². The second-order valence-corrected chi connectivity index (χ2v) is 8.96. The molecule has 4 aromatic rings. The van der Waals surface area contributed by atoms with Crippen molar-refractivity contribution in [3.63, 3.8) is 0 Å². The van der Waals surface area contributed by atoms with Crippen LogP contribution in [0.2, 0.25) is 0 Å². The quantitative estimate of drug-likeness (QED) is 0.577. The van der Waals surface area contributed by atoms with E-state index in [0.717, 1.165) is 21.3 Å². The van der Waals surface area contributed by atoms with Crippen LogP contribution in [0.3, 0.4) is 0 Å². The van der Waals surface area contributed by atoms with Gasteiger partial charge >= 0.3 is 0 Å². The number of hydrogen-bond donors (Lipinski definition) is 1. The molecule has 0 radical (unpaired) electrons. The van der Waals surface area contributed by atoms with Crippen molar-refractivity contribution >= 4 is 53.2 Å². The average Bonchev–Trinajstić information content (AvgIpc) is 3.16. The number of thiazole rings is 1. The van der Waals surface area contributed by atoms with Gasteiger partial charge in [0.1, 0.15) is 11.3 Å². The molecular weight excluding hydrogens is 372 g/mol. The zero-order valence-electron chi connectivity index (χ0n) is 14.3. The largest absolute Gasteiger partial charge is 0.495 e. The number of rotatable bonds is 4. The van der Waals surface area contributed by atoms with Crippen LogP contribution in [0, 0.1) is 0 Å². The van der Waals surface area contributed by atoms with Gasteiger partial charge < -0.3 is 14.6 Å². The molecule has 2 aromatic heterocycles. The third kappa shape index (κ3) is 2.78. The fourth-order valence-electron chi connectivity index (χ4n) is 2.81. The smallest absolute Gasteiger partial charge is 0.188 e. The van der Waals surface area contributed by atoms with E-state index in [-0.39, 0.29) is 4.90 Å². The summed E-state index contributed by atoms with van der Waals surface area (Å²) in [7, 11) is 0.152. The molecule has 0 bridgehead atoms. The van der Waals surface area contributed by atoms with Crippen molar-refractivity contribution < 1.29 is 13.2 Å². The highest BCUT2D eigenvalue weighted by molar-refractivity contribution is 7.90. The fraction of sp³-hybridized carbons (Fsp3) is 0.176. The molecule has 2 aromatic carbocycles. The van der Waals surface area contributed by atoms with Crippen molar-refractivity contribution in [2.45, 2.75) is 4.90 Å². The molecule has 134 valence electrons. The molecule has 1 N–H and O–H groups in total. The molecule has 9 heteroatoms. The Bertz CT molecular complexity index is 1240. The van der Waals surface area contributed by atoms with Crippen LogP contribution in [0.4, 0.5) is 10.8 Å². The third-order valence-electron chi connectivity index (χ3n) is 4.08. The maximum absolute atomic E-state index is 11.8. The van der Waals surface area contributed by atoms with Crippen molar-refractivity contribution in [2.75, 3.05) is 18.7 Å². The summed E-state index contributed by atoms with van der Waals surface area (Å²) in [6, 6.07) is 8.66. The van der Waals surface area contributed by atoms with E-state index in [1.807, 2.05) is 23.7 Å². The zero-order valence-corrected chi connectivity index (χ0v) is 16.0. The summed E-state index contributed by atoms with van der Waals surface area (Å²) >= 11 is 1.48. The second kappa shape index (κ2) is 5.96. The Morgan fingerprint density at radius 3 is 2.77 bits per heavy atom. The molecule has 0 unspecified atom stereocenters. The molecule has 0 aliphatic carbocycles. The summed E-state index contributed by atoms with van der Waals surface area (Å²) < 4.78 is 32.0. The van der Waals surface area contributed by atoms with Gasteiger partial charge in [-0.1, -0.05) is 11.3 Å². The summed E-state index contributed by atoms with van der Waals surface area (Å²) in [6.07, 6.45) is 2.94. The Hall–Kier alpha value is -2.65. The standard InChI is InChI=1S/C17H16N4O3S2/c1-21-9-18-11-5-7-14-15(16(11)21)20-17(25-14)19-12-8-10(26(3,22)23)4-6-13(12)24-2/h4-9H,1-3H3,(H,19,20). The summed E-state index contributed by atoms with van der Waals surface area (Å²) in [5, 5.41) is 3.84. The Kier molecular flexibility index (Phi) is 3.85. The zero-order chi connectivity index (χ0) is 18.5. The van der Waals surface area contributed by atoms with Crippen LogP contribution >= 0.6 is 11.3 Å². The lowest BCUT2D eigenvalue weighted by Crippen LogP contribution is -2.00. The number of hydrogen-bond acceptors (Lipinski definition) is 7. The van der Waals surface area contributed by atoms with Crippen LogP contribution < -0.4 is 10.1 Å². The van der Waals surface area contributed by atoms with Gasteiger partial charge in [0.15, 0.2) is 15.0 Å². The number of nitrogens with zero attached hydrogens (tertiary/aromatic N) is 3. The first kappa shape index (κ1) is 16.8. The number of aromatic nitrogens is 3. The van der Waals surface area contributed by atoms with Gasteiger partial charge in [-0.2, -0.15) is 0 Å². The minimum Gasteiger partial charge on any atom is -0.495 e. The van der Waals surface area contributed by atoms with Gasteiger partial charge in [-0.3, -0.25) is 0 Å². The molecule has 0 saturated heterocycles. The maximum atomic E-state index is 11.8. The van der Waals surface area contributed by atoms with E-state index < -0.39 is 9.84 Å². The van der Waals surface area contributed by atoms with Crippen LogP contribution in [-0.4, -0.2) is 36.3 Å². The minimum absolute atomic E-state index is 0.218. The normalized spacial score (nSPS) is 12.0. The minimum atomic E-state index is -3.32. The second-order valence-electron chi connectivity index (χ2n) is 5.91. The third-order valence-corrected chi connectivity index (χ3v) is 6.12. The molecular formula is C17H16N4O3S2. The highest BCUT2D eigenvalue weighted by atomic mass is 32.2. The molecule has 0 aliphatic heterocycles. The number of imidazole rings is 1. The number of ether oxygens (including phenoxy) is 1. The molecule has 0 spiro atoms. The Morgan fingerprint density at radius 2 is 2.04 bits per heavy atom. The molecule has 0 fully saturated rings. The number of fused-ring (bicyclic) bond motifs is 3. The summed E-state index contributed by atoms with van der Waals surface area (Å²) in [6.45, 7) is 0. The Morgan fingerprint density at radius 1 is 1.23 bits per heavy atom. The SMILES string of the molecule is COc1ccc(S(C)(=O)=O)cc1Nc1nc2c(ccc3ncn(C)c32)s1. The van der Waals surface area contributed by atoms with Crippen LogP contribution in [0.1, 0.15) is 0 Å². The van der Waals surface area contributed by atoms with Crippen LogP contribution in [0.5, 0.6) is 5.75 Å². The Labute approximate surface area is 154 Å². The van der Waals surface area contributed by atoms with E-state index in [9.17, 15) is 8.42 Å². The van der Waals surface area contributed by atoms with E-state index >= 15 is 0 Å². The van der Waals surface area contributed by atoms with Crippen molar-refractivity contribution in [1.29, 1.82) is 0 Å². The molecule has 7 nitrogen and oxygen atoms in total. The van der Waals surface area contributed by atoms with Gasteiger partial charge in [-0.25, -0.2) is 18.4 Å². The van der Waals surface area contributed by atoms with Crippen LogP contribution in [0.15, 0.2) is 41.6 Å². The highest BCUT2D eigenvalue weighted by Gasteiger charge is 2.15. The van der Waals surface area contributed by atoms with Gasteiger partial charge in [-0.15, -0.1) is 0 Å². The lowest BCUT2D eigenvalue weighted by Gasteiger charge is -2.10.